The number of hydrogen-bond donors (Lipinski definition) is 1. The number of alkyl halides is 1. The molecule has 4 fully saturated rings. The van der Waals surface area contributed by atoms with E-state index in [0.717, 1.165) is 51.9 Å². The van der Waals surface area contributed by atoms with Crippen molar-refractivity contribution in [1.29, 1.82) is 0 Å². The van der Waals surface area contributed by atoms with Gasteiger partial charge < -0.3 is 53.1 Å². The topological polar surface area (TPSA) is 225 Å². The average Bonchev–Trinajstić information content (AvgIpc) is 1.55. The maximum absolute atomic E-state index is 12.9. The Balaban J connectivity index is 0.000000232. The first-order chi connectivity index (χ1) is 46.6. The number of aliphatic carboxylic acids is 1. The van der Waals surface area contributed by atoms with Crippen LogP contribution in [0.5, 0.6) is 0 Å². The number of ketones is 1. The van der Waals surface area contributed by atoms with Gasteiger partial charge in [0.15, 0.2) is 5.78 Å². The first-order valence-corrected chi connectivity index (χ1v) is 38.5. The lowest BCUT2D eigenvalue weighted by Crippen LogP contribution is -2.49. The van der Waals surface area contributed by atoms with Crippen LogP contribution in [0.15, 0.2) is 109 Å². The number of carbonyl (C=O) groups is 8. The molecule has 4 aliphatic heterocycles. The highest BCUT2D eigenvalue weighted by Gasteiger charge is 2.49. The molecule has 0 bridgehead atoms. The van der Waals surface area contributed by atoms with Crippen molar-refractivity contribution >= 4 is 128 Å². The van der Waals surface area contributed by atoms with E-state index in [9.17, 15) is 43.5 Å². The van der Waals surface area contributed by atoms with Gasteiger partial charge in [0.25, 0.3) is 0 Å². The molecule has 5 aliphatic rings. The molecule has 4 aromatic carbocycles. The predicted molar refractivity (Wildman–Crippen MR) is 404 cm³/mol. The maximum atomic E-state index is 12.9. The second-order valence-corrected chi connectivity index (χ2v) is 34.2. The number of fused-ring (bicyclic) bond motifs is 1. The number of likely N-dealkylation sites (tertiary alicyclic amines) is 4. The van der Waals surface area contributed by atoms with E-state index in [-0.39, 0.29) is 53.4 Å². The standard InChI is InChI=1S/C20H28BrNO4.C18H24BrNO4.C18H22BrNO3.C13H23NO4.C7H6Br2/c1-5-25-17(23)20(14-15-6-8-16(21)9-7-15)10-12-22(13-11-20)18(24)26-19(2,3)4;1-17(2,3)24-16(23)20-10-8-18(9-11-20,15(21)22)12-13-4-6-14(19)7-5-13;1-17(2,3)23-16(22)20-8-6-18(7-9-20)11-12-4-5-13(19)10-14(12)15(18)21;1-5-17-11(15)10-6-8-14(9-7-10)12(16)18-13(2,3)4;8-5-6-1-3-7(9)4-2-6/h6-9H,5,10-14H2,1-4H3;4-7H,8-12H2,1-3H3,(H,21,22);4-5,10H,6-9,11H2,1-3H3;10H,5-9H2,1-4H3;1-4H,5H2. The fourth-order valence-corrected chi connectivity index (χ4v) is 13.6. The molecule has 19 nitrogen and oxygen atoms in total. The van der Waals surface area contributed by atoms with Gasteiger partial charge in [-0.25, -0.2) is 19.2 Å². The zero-order valence-electron chi connectivity index (χ0n) is 60.6. The van der Waals surface area contributed by atoms with Gasteiger partial charge in [0, 0.05) is 86.6 Å². The molecule has 100 heavy (non-hydrogen) atoms. The van der Waals surface area contributed by atoms with E-state index in [1.807, 2.05) is 169 Å². The number of rotatable bonds is 10. The molecule has 1 aliphatic carbocycles. The Bertz CT molecular complexity index is 3360. The van der Waals surface area contributed by atoms with E-state index in [1.54, 1.807) is 26.5 Å². The number of halogens is 5. The van der Waals surface area contributed by atoms with Crippen LogP contribution in [0.1, 0.15) is 181 Å². The van der Waals surface area contributed by atoms with Crippen molar-refractivity contribution in [2.75, 3.05) is 65.6 Å². The number of carbonyl (C=O) groups excluding carboxylic acids is 7. The number of nitrogens with zero attached hydrogens (tertiary/aromatic N) is 4. The number of Topliss-reactive ketones (excluding diaryl/α,β-unsaturated/α-hetero) is 1. The largest absolute Gasteiger partial charge is 0.481 e. The summed E-state index contributed by atoms with van der Waals surface area (Å²) >= 11 is 17.0. The third-order valence-corrected chi connectivity index (χ3v) is 20.1. The Labute approximate surface area is 634 Å². The van der Waals surface area contributed by atoms with Crippen molar-refractivity contribution in [3.63, 3.8) is 0 Å². The molecule has 0 unspecified atom stereocenters. The van der Waals surface area contributed by atoms with E-state index in [2.05, 4.69) is 91.8 Å². The zero-order valence-corrected chi connectivity index (χ0v) is 68.6. The molecule has 1 N–H and O–H groups in total. The summed E-state index contributed by atoms with van der Waals surface area (Å²) in [6.07, 6.45) is 5.31. The lowest BCUT2D eigenvalue weighted by molar-refractivity contribution is -0.158. The molecule has 0 radical (unpaired) electrons. The van der Waals surface area contributed by atoms with Crippen LogP contribution in [-0.4, -0.2) is 161 Å². The smallest absolute Gasteiger partial charge is 0.410 e. The summed E-state index contributed by atoms with van der Waals surface area (Å²) in [4.78, 5) is 104. The van der Waals surface area contributed by atoms with Gasteiger partial charge in [0.2, 0.25) is 0 Å². The van der Waals surface area contributed by atoms with Crippen molar-refractivity contribution < 1.29 is 71.9 Å². The predicted octanol–water partition coefficient (Wildman–Crippen LogP) is 18.4. The van der Waals surface area contributed by atoms with Crippen molar-refractivity contribution in [2.24, 2.45) is 22.2 Å². The molecule has 4 aromatic rings. The van der Waals surface area contributed by atoms with Crippen molar-refractivity contribution in [1.82, 2.24) is 19.6 Å². The van der Waals surface area contributed by atoms with Crippen LogP contribution in [0.3, 0.4) is 0 Å². The quantitative estimate of drug-likeness (QED) is 0.0885. The Morgan fingerprint density at radius 1 is 0.460 bits per heavy atom. The first-order valence-electron chi connectivity index (χ1n) is 34.2. The monoisotopic (exact) mass is 1710 g/mol. The number of hydrogen-bond acceptors (Lipinski definition) is 14. The van der Waals surface area contributed by atoms with E-state index in [1.165, 1.54) is 5.56 Å². The van der Waals surface area contributed by atoms with Crippen LogP contribution < -0.4 is 0 Å². The fourth-order valence-electron chi connectivity index (χ4n) is 12.0. The molecule has 552 valence electrons. The maximum Gasteiger partial charge on any atom is 0.410 e. The molecule has 4 amide bonds. The van der Waals surface area contributed by atoms with Gasteiger partial charge in [-0.1, -0.05) is 122 Å². The van der Waals surface area contributed by atoms with Crippen molar-refractivity contribution in [3.8, 4) is 0 Å². The lowest BCUT2D eigenvalue weighted by atomic mass is 9.74. The van der Waals surface area contributed by atoms with Gasteiger partial charge in [0.05, 0.1) is 30.0 Å². The molecule has 9 rings (SSSR count). The van der Waals surface area contributed by atoms with Crippen LogP contribution in [0.25, 0.3) is 0 Å². The molecule has 0 saturated carbocycles. The Morgan fingerprint density at radius 2 is 0.790 bits per heavy atom. The van der Waals surface area contributed by atoms with E-state index >= 15 is 0 Å². The second-order valence-electron chi connectivity index (χ2n) is 29.9. The minimum absolute atomic E-state index is 0.0800. The summed E-state index contributed by atoms with van der Waals surface area (Å²) in [5, 5.41) is 10.7. The summed E-state index contributed by atoms with van der Waals surface area (Å²) in [7, 11) is 0. The minimum Gasteiger partial charge on any atom is -0.481 e. The third-order valence-electron chi connectivity index (χ3n) is 17.4. The number of amides is 4. The van der Waals surface area contributed by atoms with Gasteiger partial charge in [-0.05, 0) is 238 Å². The number of ether oxygens (including phenoxy) is 6. The summed E-state index contributed by atoms with van der Waals surface area (Å²) in [5.41, 5.74) is 1.56. The normalized spacial score (nSPS) is 17.1. The van der Waals surface area contributed by atoms with Gasteiger partial charge in [-0.2, -0.15) is 0 Å². The summed E-state index contributed by atoms with van der Waals surface area (Å²) in [5.74, 6) is -0.969. The number of carboxylic acid groups (broad SMARTS) is 1. The summed E-state index contributed by atoms with van der Waals surface area (Å²) in [6.45, 7) is 30.6. The molecule has 1 spiro atoms. The second kappa shape index (κ2) is 37.7. The fraction of sp³-hybridized carbons (Fsp3) is 0.579. The highest BCUT2D eigenvalue weighted by Crippen LogP contribution is 2.46. The highest BCUT2D eigenvalue weighted by atomic mass is 79.9. The van der Waals surface area contributed by atoms with Crippen LogP contribution in [0.2, 0.25) is 0 Å². The van der Waals surface area contributed by atoms with Crippen LogP contribution in [0, 0.1) is 22.2 Å². The molecule has 0 atom stereocenters. The van der Waals surface area contributed by atoms with E-state index in [0.29, 0.717) is 130 Å². The Hall–Kier alpha value is -5.56. The number of benzene rings is 4. The molecular formula is C76H103Br5N4O15. The number of piperidine rings is 4. The van der Waals surface area contributed by atoms with E-state index in [4.69, 9.17) is 28.4 Å². The minimum atomic E-state index is -0.827. The molecule has 0 aromatic heterocycles. The van der Waals surface area contributed by atoms with Crippen LogP contribution in [0.4, 0.5) is 19.2 Å². The highest BCUT2D eigenvalue weighted by molar-refractivity contribution is 9.11. The lowest BCUT2D eigenvalue weighted by Gasteiger charge is -2.40. The summed E-state index contributed by atoms with van der Waals surface area (Å²) < 4.78 is 35.9. The van der Waals surface area contributed by atoms with Crippen LogP contribution in [-0.2, 0) is 67.4 Å². The SMILES string of the molecule is BrCc1ccc(Br)cc1.CC(C)(C)OC(=O)N1CCC(Cc2ccc(Br)cc2)(C(=O)O)CC1.CC(C)(C)OC(=O)N1CCC2(CC1)Cc1ccc(Br)cc1C2=O.CCOC(=O)C1(Cc2ccc(Br)cc2)CCN(C(=O)OC(C)(C)C)CC1.CCOC(=O)C1CCN(C(=O)OC(C)(C)C)CC1. The van der Waals surface area contributed by atoms with E-state index < -0.39 is 39.2 Å². The first kappa shape index (κ1) is 85.1. The molecular weight excluding hydrogens is 1610 g/mol. The van der Waals surface area contributed by atoms with Gasteiger partial charge >= 0.3 is 42.3 Å². The Kier molecular flexibility index (Phi) is 32.1. The molecule has 4 saturated heterocycles. The molecule has 24 heteroatoms. The summed E-state index contributed by atoms with van der Waals surface area (Å²) in [6, 6.07) is 29.9. The number of carboxylic acids is 1. The van der Waals surface area contributed by atoms with Gasteiger partial charge in [0.1, 0.15) is 22.4 Å². The van der Waals surface area contributed by atoms with Crippen LogP contribution >= 0.6 is 79.6 Å². The Morgan fingerprint density at radius 3 is 1.14 bits per heavy atom. The van der Waals surface area contributed by atoms with Gasteiger partial charge in [-0.15, -0.1) is 0 Å². The molecule has 4 heterocycles. The zero-order chi connectivity index (χ0) is 74.6. The van der Waals surface area contributed by atoms with Crippen molar-refractivity contribution in [2.45, 2.75) is 195 Å². The van der Waals surface area contributed by atoms with Gasteiger partial charge in [-0.3, -0.25) is 19.2 Å². The average molecular weight is 1710 g/mol. The number of esters is 2. The third kappa shape index (κ3) is 27.2. The van der Waals surface area contributed by atoms with Crippen molar-refractivity contribution in [3.05, 3.63) is 137 Å².